The molecule has 1 amide bonds. The van der Waals surface area contributed by atoms with Crippen LogP contribution in [0, 0.1) is 0 Å². The van der Waals surface area contributed by atoms with Crippen LogP contribution in [0.15, 0.2) is 0 Å². The number of hydrogen-bond acceptors (Lipinski definition) is 6. The van der Waals surface area contributed by atoms with Crippen LogP contribution < -0.4 is 5.32 Å². The van der Waals surface area contributed by atoms with Gasteiger partial charge in [0.1, 0.15) is 23.7 Å². The first kappa shape index (κ1) is 12.7. The van der Waals surface area contributed by atoms with E-state index >= 15 is 0 Å². The third kappa shape index (κ3) is 2.82. The normalized spacial score (nSPS) is 41.3. The molecule has 0 aromatic carbocycles. The van der Waals surface area contributed by atoms with E-state index in [1.54, 1.807) is 0 Å². The Balaban J connectivity index is 2.70. The van der Waals surface area contributed by atoms with Crippen molar-refractivity contribution in [2.45, 2.75) is 36.7 Å². The number of amides is 1. The molecular weight excluding hydrogens is 222 g/mol. The van der Waals surface area contributed by atoms with Crippen LogP contribution in [-0.4, -0.2) is 57.6 Å². The molecule has 0 aromatic rings. The maximum absolute atomic E-state index is 10.8. The average molecular weight is 237 g/mol. The fourth-order valence-corrected chi connectivity index (χ4v) is 1.89. The van der Waals surface area contributed by atoms with Crippen LogP contribution in [-0.2, 0) is 9.53 Å². The second kappa shape index (κ2) is 5.13. The van der Waals surface area contributed by atoms with Crippen molar-refractivity contribution in [3.05, 3.63) is 0 Å². The zero-order valence-corrected chi connectivity index (χ0v) is 9.09. The first-order valence-electron chi connectivity index (χ1n) is 4.55. The molecule has 15 heavy (non-hydrogen) atoms. The number of thiol groups is 1. The Bertz CT molecular complexity index is 239. The number of hydrogen-bond donors (Lipinski definition) is 5. The van der Waals surface area contributed by atoms with E-state index in [-0.39, 0.29) is 5.91 Å². The molecule has 4 N–H and O–H groups in total. The van der Waals surface area contributed by atoms with E-state index in [1.807, 2.05) is 0 Å². The first-order valence-corrected chi connectivity index (χ1v) is 5.06. The van der Waals surface area contributed by atoms with Crippen molar-refractivity contribution in [1.29, 1.82) is 0 Å². The standard InChI is InChI=1S/C8H15NO5S/c1-3(11)9-5-7(13)6(12)4(2-10)14-8(5)15/h4-8,10,12-13,15H,2H2,1H3,(H,9,11). The zero-order chi connectivity index (χ0) is 11.6. The van der Waals surface area contributed by atoms with Crippen LogP contribution >= 0.6 is 12.6 Å². The zero-order valence-electron chi connectivity index (χ0n) is 8.20. The Morgan fingerprint density at radius 3 is 2.53 bits per heavy atom. The quantitative estimate of drug-likeness (QED) is 0.353. The smallest absolute Gasteiger partial charge is 0.217 e. The maximum Gasteiger partial charge on any atom is 0.217 e. The number of rotatable bonds is 2. The van der Waals surface area contributed by atoms with E-state index in [0.29, 0.717) is 0 Å². The predicted octanol–water partition coefficient (Wildman–Crippen LogP) is -2.14. The Labute approximate surface area is 92.7 Å². The molecule has 6 nitrogen and oxygen atoms in total. The predicted molar refractivity (Wildman–Crippen MR) is 54.4 cm³/mol. The van der Waals surface area contributed by atoms with Gasteiger partial charge in [0.2, 0.25) is 5.91 Å². The lowest BCUT2D eigenvalue weighted by Gasteiger charge is -2.40. The molecule has 1 fully saturated rings. The van der Waals surface area contributed by atoms with E-state index in [2.05, 4.69) is 17.9 Å². The summed E-state index contributed by atoms with van der Waals surface area (Å²) in [5.41, 5.74) is -0.760. The molecule has 0 bridgehead atoms. The molecular formula is C8H15NO5S. The van der Waals surface area contributed by atoms with Crippen LogP contribution in [0.3, 0.4) is 0 Å². The number of carbonyl (C=O) groups excluding carboxylic acids is 1. The molecule has 7 heteroatoms. The maximum atomic E-state index is 10.8. The number of aliphatic hydroxyl groups is 3. The van der Waals surface area contributed by atoms with E-state index in [1.165, 1.54) is 6.92 Å². The van der Waals surface area contributed by atoms with E-state index in [0.717, 1.165) is 0 Å². The van der Waals surface area contributed by atoms with Gasteiger partial charge in [-0.3, -0.25) is 4.79 Å². The van der Waals surface area contributed by atoms with Crippen LogP contribution in [0.5, 0.6) is 0 Å². The number of carbonyl (C=O) groups is 1. The first-order chi connectivity index (χ1) is 6.97. The number of nitrogens with one attached hydrogen (secondary N) is 1. The van der Waals surface area contributed by atoms with Gasteiger partial charge in [-0.2, -0.15) is 0 Å². The summed E-state index contributed by atoms with van der Waals surface area (Å²) < 4.78 is 5.12. The van der Waals surface area contributed by atoms with Crippen LogP contribution in [0.25, 0.3) is 0 Å². The van der Waals surface area contributed by atoms with Crippen LogP contribution in [0.4, 0.5) is 0 Å². The van der Waals surface area contributed by atoms with Crippen molar-refractivity contribution >= 4 is 18.5 Å². The second-order valence-electron chi connectivity index (χ2n) is 3.46. The van der Waals surface area contributed by atoms with E-state index < -0.39 is 36.4 Å². The van der Waals surface area contributed by atoms with Crippen molar-refractivity contribution in [3.63, 3.8) is 0 Å². The van der Waals surface area contributed by atoms with Gasteiger partial charge in [-0.05, 0) is 0 Å². The summed E-state index contributed by atoms with van der Waals surface area (Å²) in [6, 6.07) is -0.788. The summed E-state index contributed by atoms with van der Waals surface area (Å²) in [5.74, 6) is -0.351. The van der Waals surface area contributed by atoms with Gasteiger partial charge in [-0.25, -0.2) is 0 Å². The van der Waals surface area contributed by atoms with Gasteiger partial charge in [-0.1, -0.05) is 0 Å². The largest absolute Gasteiger partial charge is 0.394 e. The molecule has 1 aliphatic heterocycles. The summed E-state index contributed by atoms with van der Waals surface area (Å²) in [4.78, 5) is 10.8. The molecule has 5 atom stereocenters. The molecule has 0 spiro atoms. The van der Waals surface area contributed by atoms with Gasteiger partial charge in [0.25, 0.3) is 0 Å². The lowest BCUT2D eigenvalue weighted by Crippen LogP contribution is -2.62. The second-order valence-corrected chi connectivity index (χ2v) is 3.96. The topological polar surface area (TPSA) is 99.0 Å². The summed E-state index contributed by atoms with van der Waals surface area (Å²) in [7, 11) is 0. The van der Waals surface area contributed by atoms with Gasteiger partial charge < -0.3 is 25.4 Å². The Morgan fingerprint density at radius 2 is 2.07 bits per heavy atom. The van der Waals surface area contributed by atoms with Gasteiger partial charge >= 0.3 is 0 Å². The minimum absolute atomic E-state index is 0.351. The molecule has 0 saturated carbocycles. The third-order valence-corrected chi connectivity index (χ3v) is 2.71. The highest BCUT2D eigenvalue weighted by atomic mass is 32.1. The van der Waals surface area contributed by atoms with Gasteiger partial charge in [0.05, 0.1) is 12.6 Å². The molecule has 1 saturated heterocycles. The lowest BCUT2D eigenvalue weighted by atomic mass is 9.98. The van der Waals surface area contributed by atoms with Gasteiger partial charge in [0.15, 0.2) is 0 Å². The van der Waals surface area contributed by atoms with Gasteiger partial charge in [-0.15, -0.1) is 12.6 Å². The SMILES string of the molecule is CC(=O)NC1C(S)OC(CO)C(O)C1O. The number of aliphatic hydroxyl groups excluding tert-OH is 3. The Morgan fingerprint density at radius 1 is 1.47 bits per heavy atom. The minimum Gasteiger partial charge on any atom is -0.394 e. The number of ether oxygens (including phenoxy) is 1. The van der Waals surface area contributed by atoms with E-state index in [4.69, 9.17) is 9.84 Å². The van der Waals surface area contributed by atoms with Crippen molar-refractivity contribution in [1.82, 2.24) is 5.32 Å². The minimum atomic E-state index is -1.24. The summed E-state index contributed by atoms with van der Waals surface area (Å²) >= 11 is 4.02. The van der Waals surface area contributed by atoms with Crippen molar-refractivity contribution in [2.24, 2.45) is 0 Å². The van der Waals surface area contributed by atoms with E-state index in [9.17, 15) is 15.0 Å². The average Bonchev–Trinajstić information content (AvgIpc) is 2.18. The van der Waals surface area contributed by atoms with Gasteiger partial charge in [0, 0.05) is 6.92 Å². The fraction of sp³-hybridized carbons (Fsp3) is 0.875. The molecule has 1 heterocycles. The summed E-state index contributed by atoms with van der Waals surface area (Å²) in [6.45, 7) is 0.875. The highest BCUT2D eigenvalue weighted by Gasteiger charge is 2.43. The highest BCUT2D eigenvalue weighted by Crippen LogP contribution is 2.22. The van der Waals surface area contributed by atoms with Crippen molar-refractivity contribution in [2.75, 3.05) is 6.61 Å². The monoisotopic (exact) mass is 237 g/mol. The third-order valence-electron chi connectivity index (χ3n) is 2.27. The lowest BCUT2D eigenvalue weighted by molar-refractivity contribution is -0.173. The van der Waals surface area contributed by atoms with Crippen molar-refractivity contribution in [3.8, 4) is 0 Å². The summed E-state index contributed by atoms with van der Waals surface area (Å²) in [6.07, 6.45) is -3.33. The summed E-state index contributed by atoms with van der Waals surface area (Å²) in [5, 5.41) is 30.4. The van der Waals surface area contributed by atoms with Crippen LogP contribution in [0.1, 0.15) is 6.92 Å². The Kier molecular flexibility index (Phi) is 4.35. The Hall–Kier alpha value is -0.340. The molecule has 0 aromatic heterocycles. The molecule has 0 aliphatic carbocycles. The fourth-order valence-electron chi connectivity index (χ4n) is 1.49. The molecule has 0 radical (unpaired) electrons. The molecule has 1 rings (SSSR count). The molecule has 5 unspecified atom stereocenters. The molecule has 88 valence electrons. The van der Waals surface area contributed by atoms with Crippen LogP contribution in [0.2, 0.25) is 0 Å². The highest BCUT2D eigenvalue weighted by molar-refractivity contribution is 7.80. The molecule has 1 aliphatic rings. The van der Waals surface area contributed by atoms with Crippen molar-refractivity contribution < 1.29 is 24.9 Å².